The summed E-state index contributed by atoms with van der Waals surface area (Å²) in [5.74, 6) is 0.682. The number of hydrogen-bond donors (Lipinski definition) is 0. The molecule has 1 aromatic carbocycles. The van der Waals surface area contributed by atoms with Gasteiger partial charge in [-0.2, -0.15) is 0 Å². The summed E-state index contributed by atoms with van der Waals surface area (Å²) < 4.78 is 18.8. The third-order valence-corrected chi connectivity index (χ3v) is 5.62. The lowest BCUT2D eigenvalue weighted by molar-refractivity contribution is 0.0503. The second kappa shape index (κ2) is 9.20. The zero-order valence-electron chi connectivity index (χ0n) is 17.7. The second-order valence-electron chi connectivity index (χ2n) is 8.00. The largest absolute Gasteiger partial charge is 0.477 e. The van der Waals surface area contributed by atoms with Crippen LogP contribution in [0.3, 0.4) is 0 Å². The van der Waals surface area contributed by atoms with Gasteiger partial charge in [0.2, 0.25) is 5.88 Å². The van der Waals surface area contributed by atoms with Crippen molar-refractivity contribution in [2.24, 2.45) is 5.92 Å². The fourth-order valence-corrected chi connectivity index (χ4v) is 3.88. The number of rotatable bonds is 5. The summed E-state index contributed by atoms with van der Waals surface area (Å²) in [6.45, 7) is 5.06. The van der Waals surface area contributed by atoms with Crippen molar-refractivity contribution in [3.05, 3.63) is 71.9 Å². The lowest BCUT2D eigenvalue weighted by Crippen LogP contribution is -2.47. The zero-order valence-corrected chi connectivity index (χ0v) is 17.7. The highest BCUT2D eigenvalue weighted by atomic mass is 19.1. The fraction of sp³-hybridized carbons (Fsp3) is 0.333. The van der Waals surface area contributed by atoms with Crippen LogP contribution < -0.4 is 4.74 Å². The van der Waals surface area contributed by atoms with Crippen molar-refractivity contribution in [3.8, 4) is 17.3 Å². The van der Waals surface area contributed by atoms with Crippen LogP contribution in [0.5, 0.6) is 5.88 Å². The molecule has 160 valence electrons. The first kappa shape index (κ1) is 20.9. The molecule has 0 spiro atoms. The molecule has 3 heterocycles. The van der Waals surface area contributed by atoms with E-state index in [4.69, 9.17) is 4.74 Å². The monoisotopic (exact) mass is 420 g/mol. The Labute approximate surface area is 181 Å². The number of benzene rings is 1. The smallest absolute Gasteiger partial charge is 0.254 e. The van der Waals surface area contributed by atoms with Crippen LogP contribution in [0.1, 0.15) is 35.7 Å². The van der Waals surface area contributed by atoms with Crippen molar-refractivity contribution >= 4 is 5.91 Å². The second-order valence-corrected chi connectivity index (χ2v) is 8.00. The summed E-state index contributed by atoms with van der Waals surface area (Å²) in [7, 11) is 0. The summed E-state index contributed by atoms with van der Waals surface area (Å²) in [4.78, 5) is 28.1. The maximum absolute atomic E-state index is 13.6. The number of halogens is 1. The van der Waals surface area contributed by atoms with Gasteiger partial charge in [-0.25, -0.2) is 19.3 Å². The summed E-state index contributed by atoms with van der Waals surface area (Å²) >= 11 is 0. The number of aryl methyl sites for hydroxylation is 1. The highest BCUT2D eigenvalue weighted by Gasteiger charge is 2.31. The van der Waals surface area contributed by atoms with Gasteiger partial charge in [0.25, 0.3) is 5.91 Å². The highest BCUT2D eigenvalue weighted by Crippen LogP contribution is 2.28. The van der Waals surface area contributed by atoms with Gasteiger partial charge in [-0.3, -0.25) is 4.79 Å². The number of piperidine rings is 1. The number of carbonyl (C=O) groups excluding carboxylic acids is 1. The molecule has 0 radical (unpaired) electrons. The predicted molar refractivity (Wildman–Crippen MR) is 115 cm³/mol. The van der Waals surface area contributed by atoms with Gasteiger partial charge in [-0.05, 0) is 44.9 Å². The molecular formula is C24H25FN4O2. The van der Waals surface area contributed by atoms with Crippen LogP contribution in [0, 0.1) is 18.7 Å². The third-order valence-electron chi connectivity index (χ3n) is 5.62. The summed E-state index contributed by atoms with van der Waals surface area (Å²) in [5, 5.41) is 0. The normalized spacial score (nSPS) is 18.6. The van der Waals surface area contributed by atoms with Crippen LogP contribution >= 0.6 is 0 Å². The van der Waals surface area contributed by atoms with Gasteiger partial charge in [-0.15, -0.1) is 0 Å². The molecule has 0 bridgehead atoms. The first-order valence-corrected chi connectivity index (χ1v) is 10.4. The number of pyridine rings is 1. The van der Waals surface area contributed by atoms with Crippen LogP contribution in [-0.2, 0) is 0 Å². The molecule has 0 N–H and O–H groups in total. The van der Waals surface area contributed by atoms with Crippen molar-refractivity contribution in [1.29, 1.82) is 0 Å². The van der Waals surface area contributed by atoms with E-state index in [1.807, 2.05) is 30.0 Å². The number of ether oxygens (including phenoxy) is 1. The molecule has 1 fully saturated rings. The quantitative estimate of drug-likeness (QED) is 0.615. The maximum Gasteiger partial charge on any atom is 0.254 e. The molecule has 0 saturated carbocycles. The summed E-state index contributed by atoms with van der Waals surface area (Å²) in [6, 6.07) is 10.5. The molecule has 31 heavy (non-hydrogen) atoms. The number of amides is 1. The molecule has 4 rings (SSSR count). The predicted octanol–water partition coefficient (Wildman–Crippen LogP) is 4.31. The topological polar surface area (TPSA) is 68.2 Å². The van der Waals surface area contributed by atoms with E-state index in [1.165, 1.54) is 12.1 Å². The molecular weight excluding hydrogens is 395 g/mol. The van der Waals surface area contributed by atoms with E-state index in [0.717, 1.165) is 30.2 Å². The lowest BCUT2D eigenvalue weighted by atomic mass is 9.92. The van der Waals surface area contributed by atoms with Crippen molar-refractivity contribution in [3.63, 3.8) is 0 Å². The van der Waals surface area contributed by atoms with Crippen LogP contribution in [-0.4, -0.2) is 45.0 Å². The highest BCUT2D eigenvalue weighted by molar-refractivity contribution is 6.00. The standard InChI is InChI=1S/C24H25FN4O2/c1-16-4-8-20(23-26-10-3-11-27-23)21(12-16)24(30)29-14-18(6-5-17(29)2)15-31-22-9-7-19(25)13-28-22/h3-4,7-13,17-18H,5-6,14-15H2,1-2H3. The van der Waals surface area contributed by atoms with Crippen molar-refractivity contribution in [2.45, 2.75) is 32.7 Å². The van der Waals surface area contributed by atoms with Gasteiger partial charge in [0.1, 0.15) is 5.82 Å². The SMILES string of the molecule is Cc1ccc(-c2ncccn2)c(C(=O)N2CC(COc3ccc(F)cn3)CCC2C)c1. The Balaban J connectivity index is 1.52. The Bertz CT molecular complexity index is 1040. The van der Waals surface area contributed by atoms with Crippen molar-refractivity contribution in [2.75, 3.05) is 13.2 Å². The van der Waals surface area contributed by atoms with Gasteiger partial charge >= 0.3 is 0 Å². The molecule has 2 aromatic heterocycles. The average molecular weight is 420 g/mol. The molecule has 7 heteroatoms. The fourth-order valence-electron chi connectivity index (χ4n) is 3.88. The van der Waals surface area contributed by atoms with Crippen LogP contribution in [0.4, 0.5) is 4.39 Å². The molecule has 1 amide bonds. The minimum atomic E-state index is -0.396. The first-order chi connectivity index (χ1) is 15.0. The summed E-state index contributed by atoms with van der Waals surface area (Å²) in [5.41, 5.74) is 2.35. The third kappa shape index (κ3) is 4.87. The van der Waals surface area contributed by atoms with Crippen molar-refractivity contribution in [1.82, 2.24) is 19.9 Å². The van der Waals surface area contributed by atoms with E-state index in [2.05, 4.69) is 21.9 Å². The first-order valence-electron chi connectivity index (χ1n) is 10.4. The maximum atomic E-state index is 13.6. The lowest BCUT2D eigenvalue weighted by Gasteiger charge is -2.38. The Morgan fingerprint density at radius 2 is 1.97 bits per heavy atom. The van der Waals surface area contributed by atoms with Crippen LogP contribution in [0.15, 0.2) is 55.0 Å². The zero-order chi connectivity index (χ0) is 21.8. The van der Waals surface area contributed by atoms with Gasteiger partial charge < -0.3 is 9.64 Å². The van der Waals surface area contributed by atoms with Crippen LogP contribution in [0.25, 0.3) is 11.4 Å². The molecule has 0 aliphatic carbocycles. The number of nitrogens with zero attached hydrogens (tertiary/aromatic N) is 4. The van der Waals surface area contributed by atoms with Crippen molar-refractivity contribution < 1.29 is 13.9 Å². The Morgan fingerprint density at radius 3 is 2.71 bits per heavy atom. The molecule has 1 aliphatic heterocycles. The van der Waals surface area contributed by atoms with Gasteiger partial charge in [0.05, 0.1) is 18.4 Å². The molecule has 6 nitrogen and oxygen atoms in total. The molecule has 1 aliphatic rings. The van der Waals surface area contributed by atoms with Crippen LogP contribution in [0.2, 0.25) is 0 Å². The van der Waals surface area contributed by atoms with Gasteiger partial charge in [0, 0.05) is 42.5 Å². The van der Waals surface area contributed by atoms with E-state index < -0.39 is 5.82 Å². The number of aromatic nitrogens is 3. The average Bonchev–Trinajstić information content (AvgIpc) is 2.79. The van der Waals surface area contributed by atoms with E-state index in [9.17, 15) is 9.18 Å². The van der Waals surface area contributed by atoms with Gasteiger partial charge in [-0.1, -0.05) is 17.7 Å². The van der Waals surface area contributed by atoms with E-state index in [1.54, 1.807) is 18.5 Å². The minimum Gasteiger partial charge on any atom is -0.477 e. The Morgan fingerprint density at radius 1 is 1.16 bits per heavy atom. The molecule has 2 atom stereocenters. The van der Waals surface area contributed by atoms with Gasteiger partial charge in [0.15, 0.2) is 5.82 Å². The number of likely N-dealkylation sites (tertiary alicyclic amines) is 1. The Hall–Kier alpha value is -3.35. The van der Waals surface area contributed by atoms with E-state index in [-0.39, 0.29) is 17.9 Å². The molecule has 3 aromatic rings. The Kier molecular flexibility index (Phi) is 6.21. The van der Waals surface area contributed by atoms with E-state index >= 15 is 0 Å². The molecule has 1 saturated heterocycles. The minimum absolute atomic E-state index is 0.0248. The van der Waals surface area contributed by atoms with E-state index in [0.29, 0.717) is 30.4 Å². The number of hydrogen-bond acceptors (Lipinski definition) is 5. The number of carbonyl (C=O) groups is 1. The summed E-state index contributed by atoms with van der Waals surface area (Å²) in [6.07, 6.45) is 6.33. The molecule has 2 unspecified atom stereocenters.